The SMILES string of the molecule is O=C(O)c1ccccc1OC[C@@H]1CCCN2CCCC[C@H]12. The van der Waals surface area contributed by atoms with Crippen molar-refractivity contribution in [2.45, 2.75) is 38.1 Å². The summed E-state index contributed by atoms with van der Waals surface area (Å²) in [6.45, 7) is 3.06. The van der Waals surface area contributed by atoms with Crippen LogP contribution in [0.2, 0.25) is 0 Å². The van der Waals surface area contributed by atoms with Crippen molar-refractivity contribution in [1.29, 1.82) is 0 Å². The predicted octanol–water partition coefficient (Wildman–Crippen LogP) is 3.03. The lowest BCUT2D eigenvalue weighted by Gasteiger charge is -2.44. The molecule has 0 amide bonds. The summed E-state index contributed by atoms with van der Waals surface area (Å²) in [5.41, 5.74) is 0.258. The first-order valence-corrected chi connectivity index (χ1v) is 7.95. The number of ether oxygens (including phenoxy) is 1. The van der Waals surface area contributed by atoms with Crippen LogP contribution in [-0.4, -0.2) is 41.7 Å². The Morgan fingerprint density at radius 1 is 1.19 bits per heavy atom. The number of hydrogen-bond donors (Lipinski definition) is 1. The number of rotatable bonds is 4. The molecule has 0 bridgehead atoms. The fourth-order valence-electron chi connectivity index (χ4n) is 3.74. The van der Waals surface area contributed by atoms with Gasteiger partial charge in [0.05, 0.1) is 6.61 Å². The zero-order valence-corrected chi connectivity index (χ0v) is 12.3. The predicted molar refractivity (Wildman–Crippen MR) is 80.8 cm³/mol. The van der Waals surface area contributed by atoms with E-state index in [9.17, 15) is 9.90 Å². The van der Waals surface area contributed by atoms with Gasteiger partial charge in [0.25, 0.3) is 0 Å². The van der Waals surface area contributed by atoms with Gasteiger partial charge in [0.2, 0.25) is 0 Å². The van der Waals surface area contributed by atoms with Crippen LogP contribution in [0.4, 0.5) is 0 Å². The zero-order chi connectivity index (χ0) is 14.7. The quantitative estimate of drug-likeness (QED) is 0.925. The van der Waals surface area contributed by atoms with E-state index in [1.807, 2.05) is 6.07 Å². The first-order valence-electron chi connectivity index (χ1n) is 7.95. The fourth-order valence-corrected chi connectivity index (χ4v) is 3.74. The van der Waals surface area contributed by atoms with E-state index in [-0.39, 0.29) is 5.56 Å². The minimum absolute atomic E-state index is 0.258. The molecule has 0 spiro atoms. The average Bonchev–Trinajstić information content (AvgIpc) is 2.53. The maximum Gasteiger partial charge on any atom is 0.339 e. The number of carbonyl (C=O) groups is 1. The second-order valence-electron chi connectivity index (χ2n) is 6.11. The molecule has 0 aliphatic carbocycles. The van der Waals surface area contributed by atoms with Crippen LogP contribution in [0, 0.1) is 5.92 Å². The number of aromatic carboxylic acids is 1. The minimum atomic E-state index is -0.923. The van der Waals surface area contributed by atoms with Gasteiger partial charge in [0.1, 0.15) is 11.3 Å². The molecule has 2 aliphatic heterocycles. The van der Waals surface area contributed by atoms with Crippen LogP contribution in [0.15, 0.2) is 24.3 Å². The molecular formula is C17H23NO3. The Bertz CT molecular complexity index is 501. The van der Waals surface area contributed by atoms with E-state index in [0.29, 0.717) is 24.3 Å². The molecule has 0 unspecified atom stereocenters. The molecule has 2 atom stereocenters. The smallest absolute Gasteiger partial charge is 0.339 e. The normalized spacial score (nSPS) is 26.1. The molecule has 1 aromatic carbocycles. The first kappa shape index (κ1) is 14.4. The number of piperidine rings is 2. The van der Waals surface area contributed by atoms with Crippen LogP contribution >= 0.6 is 0 Å². The third-order valence-corrected chi connectivity index (χ3v) is 4.80. The van der Waals surface area contributed by atoms with Crippen molar-refractivity contribution in [3.63, 3.8) is 0 Å². The largest absolute Gasteiger partial charge is 0.492 e. The number of carboxylic acid groups (broad SMARTS) is 1. The number of benzene rings is 1. The van der Waals surface area contributed by atoms with E-state index < -0.39 is 5.97 Å². The highest BCUT2D eigenvalue weighted by Crippen LogP contribution is 2.31. The monoisotopic (exact) mass is 289 g/mol. The molecule has 1 N–H and O–H groups in total. The zero-order valence-electron chi connectivity index (χ0n) is 12.3. The number of carboxylic acids is 1. The van der Waals surface area contributed by atoms with Gasteiger partial charge < -0.3 is 9.84 Å². The summed E-state index contributed by atoms with van der Waals surface area (Å²) < 4.78 is 5.88. The van der Waals surface area contributed by atoms with E-state index in [4.69, 9.17) is 4.74 Å². The molecule has 0 saturated carbocycles. The molecule has 4 nitrogen and oxygen atoms in total. The van der Waals surface area contributed by atoms with Crippen molar-refractivity contribution in [2.24, 2.45) is 5.92 Å². The Labute approximate surface area is 125 Å². The van der Waals surface area contributed by atoms with Crippen molar-refractivity contribution in [2.75, 3.05) is 19.7 Å². The van der Waals surface area contributed by atoms with Crippen LogP contribution in [-0.2, 0) is 0 Å². The lowest BCUT2D eigenvalue weighted by Crippen LogP contribution is -2.49. The average molecular weight is 289 g/mol. The Hall–Kier alpha value is -1.55. The van der Waals surface area contributed by atoms with Crippen LogP contribution in [0.3, 0.4) is 0 Å². The highest BCUT2D eigenvalue weighted by molar-refractivity contribution is 5.90. The van der Waals surface area contributed by atoms with Crippen LogP contribution < -0.4 is 4.74 Å². The van der Waals surface area contributed by atoms with E-state index in [0.717, 1.165) is 0 Å². The van der Waals surface area contributed by atoms with E-state index in [1.165, 1.54) is 45.2 Å². The molecule has 2 heterocycles. The Morgan fingerprint density at radius 2 is 2.00 bits per heavy atom. The second-order valence-corrected chi connectivity index (χ2v) is 6.11. The number of fused-ring (bicyclic) bond motifs is 1. The maximum absolute atomic E-state index is 11.2. The van der Waals surface area contributed by atoms with E-state index in [2.05, 4.69) is 4.90 Å². The third-order valence-electron chi connectivity index (χ3n) is 4.80. The summed E-state index contributed by atoms with van der Waals surface area (Å²) in [6.07, 6.45) is 6.30. The number of hydrogen-bond acceptors (Lipinski definition) is 3. The van der Waals surface area contributed by atoms with Crippen molar-refractivity contribution in [3.05, 3.63) is 29.8 Å². The standard InChI is InChI=1S/C17H23NO3/c19-17(20)14-7-1-2-9-16(14)21-12-13-6-5-11-18-10-4-3-8-15(13)18/h1-2,7,9,13,15H,3-6,8,10-12H2,(H,19,20)/t13-,15+/m0/s1. The molecule has 2 fully saturated rings. The van der Waals surface area contributed by atoms with Gasteiger partial charge in [-0.25, -0.2) is 4.79 Å². The highest BCUT2D eigenvalue weighted by atomic mass is 16.5. The van der Waals surface area contributed by atoms with Gasteiger partial charge in [-0.15, -0.1) is 0 Å². The molecule has 114 valence electrons. The summed E-state index contributed by atoms with van der Waals surface area (Å²) in [6, 6.07) is 7.55. The third kappa shape index (κ3) is 3.21. The van der Waals surface area contributed by atoms with E-state index >= 15 is 0 Å². The maximum atomic E-state index is 11.2. The van der Waals surface area contributed by atoms with Gasteiger partial charge in [0, 0.05) is 12.0 Å². The summed E-state index contributed by atoms with van der Waals surface area (Å²) in [5, 5.41) is 9.20. The lowest BCUT2D eigenvalue weighted by molar-refractivity contribution is 0.0361. The van der Waals surface area contributed by atoms with E-state index in [1.54, 1.807) is 18.2 Å². The molecule has 3 rings (SSSR count). The molecule has 1 aromatic rings. The van der Waals surface area contributed by atoms with Crippen molar-refractivity contribution < 1.29 is 14.6 Å². The van der Waals surface area contributed by atoms with Crippen molar-refractivity contribution in [3.8, 4) is 5.75 Å². The highest BCUT2D eigenvalue weighted by Gasteiger charge is 2.33. The Morgan fingerprint density at radius 3 is 2.86 bits per heavy atom. The van der Waals surface area contributed by atoms with Gasteiger partial charge in [-0.1, -0.05) is 18.6 Å². The van der Waals surface area contributed by atoms with Crippen LogP contribution in [0.1, 0.15) is 42.5 Å². The fraction of sp³-hybridized carbons (Fsp3) is 0.588. The molecular weight excluding hydrogens is 266 g/mol. The number of para-hydroxylation sites is 1. The molecule has 0 radical (unpaired) electrons. The van der Waals surface area contributed by atoms with Gasteiger partial charge in [-0.2, -0.15) is 0 Å². The molecule has 21 heavy (non-hydrogen) atoms. The van der Waals surface area contributed by atoms with Gasteiger partial charge in [-0.3, -0.25) is 4.90 Å². The minimum Gasteiger partial charge on any atom is -0.492 e. The molecule has 0 aromatic heterocycles. The first-order chi connectivity index (χ1) is 10.3. The summed E-state index contributed by atoms with van der Waals surface area (Å²) in [7, 11) is 0. The lowest BCUT2D eigenvalue weighted by atomic mass is 9.84. The Balaban J connectivity index is 1.65. The topological polar surface area (TPSA) is 49.8 Å². The second kappa shape index (κ2) is 6.48. The van der Waals surface area contributed by atoms with Crippen LogP contribution in [0.5, 0.6) is 5.75 Å². The van der Waals surface area contributed by atoms with Crippen molar-refractivity contribution in [1.82, 2.24) is 4.90 Å². The van der Waals surface area contributed by atoms with Gasteiger partial charge >= 0.3 is 5.97 Å². The summed E-state index contributed by atoms with van der Waals surface area (Å²) in [4.78, 5) is 13.8. The molecule has 2 saturated heterocycles. The summed E-state index contributed by atoms with van der Waals surface area (Å²) in [5.74, 6) is 0.104. The van der Waals surface area contributed by atoms with Gasteiger partial charge in [-0.05, 0) is 50.9 Å². The molecule has 2 aliphatic rings. The van der Waals surface area contributed by atoms with Crippen molar-refractivity contribution >= 4 is 5.97 Å². The summed E-state index contributed by atoms with van der Waals surface area (Å²) >= 11 is 0. The number of nitrogens with zero attached hydrogens (tertiary/aromatic N) is 1. The molecule has 4 heteroatoms. The van der Waals surface area contributed by atoms with Gasteiger partial charge in [0.15, 0.2) is 0 Å². The van der Waals surface area contributed by atoms with Crippen LogP contribution in [0.25, 0.3) is 0 Å². The Kier molecular flexibility index (Phi) is 4.44.